The van der Waals surface area contributed by atoms with Crippen molar-refractivity contribution < 1.29 is 36.3 Å². The highest BCUT2D eigenvalue weighted by Crippen LogP contribution is 2.24. The van der Waals surface area contributed by atoms with E-state index in [0.29, 0.717) is 28.2 Å². The van der Waals surface area contributed by atoms with Gasteiger partial charge in [-0.15, -0.1) is 0 Å². The fourth-order valence-corrected chi connectivity index (χ4v) is 5.07. The zero-order valence-electron chi connectivity index (χ0n) is 21.9. The number of carbonyl (C=O) groups excluding carboxylic acids is 2. The number of ether oxygens (including phenoxy) is 2. The van der Waals surface area contributed by atoms with Crippen molar-refractivity contribution in [3.63, 3.8) is 0 Å². The summed E-state index contributed by atoms with van der Waals surface area (Å²) in [6, 6.07) is 15.2. The van der Waals surface area contributed by atoms with Crippen LogP contribution in [-0.4, -0.2) is 44.0 Å². The van der Waals surface area contributed by atoms with E-state index in [1.165, 1.54) is 18.2 Å². The van der Waals surface area contributed by atoms with Crippen molar-refractivity contribution in [2.24, 2.45) is 5.92 Å². The van der Waals surface area contributed by atoms with E-state index in [9.17, 15) is 26.8 Å². The van der Waals surface area contributed by atoms with E-state index in [1.807, 2.05) is 0 Å². The number of alkyl halides is 2. The number of benzene rings is 2. The maximum atomic E-state index is 12.9. The van der Waals surface area contributed by atoms with E-state index in [0.717, 1.165) is 5.41 Å². The standard InChI is InChI=1S/C28H30F2N2O6S/c1-18(2)26(31-39(35,36)15-14-21-8-6-5-7-9-21)27(34)37-17-25(33)24-16-19(3)32(20(24)4)22-10-12-23(13-11-22)38-28(29)30/h5-16,18,26,28,31H,17H2,1-4H3/b15-14+/t26-/m0/s1. The van der Waals surface area contributed by atoms with Crippen LogP contribution in [0.3, 0.4) is 0 Å². The fraction of sp³-hybridized carbons (Fsp3) is 0.286. The first kappa shape index (κ1) is 29.7. The van der Waals surface area contributed by atoms with Gasteiger partial charge in [0.25, 0.3) is 0 Å². The highest BCUT2D eigenvalue weighted by molar-refractivity contribution is 7.92. The van der Waals surface area contributed by atoms with Crippen LogP contribution in [0.5, 0.6) is 5.75 Å². The zero-order chi connectivity index (χ0) is 28.7. The van der Waals surface area contributed by atoms with Crippen molar-refractivity contribution in [3.8, 4) is 11.4 Å². The largest absolute Gasteiger partial charge is 0.456 e. The Morgan fingerprint density at radius 1 is 1.03 bits per heavy atom. The number of sulfonamides is 1. The summed E-state index contributed by atoms with van der Waals surface area (Å²) in [5, 5.41) is 0.969. The van der Waals surface area contributed by atoms with Crippen molar-refractivity contribution in [2.75, 3.05) is 6.61 Å². The number of rotatable bonds is 12. The molecule has 0 aliphatic carbocycles. The Hall–Kier alpha value is -3.83. The number of carbonyl (C=O) groups is 2. The van der Waals surface area contributed by atoms with Crippen LogP contribution in [-0.2, 0) is 19.6 Å². The minimum atomic E-state index is -3.98. The van der Waals surface area contributed by atoms with Gasteiger partial charge >= 0.3 is 12.6 Å². The van der Waals surface area contributed by atoms with Crippen molar-refractivity contribution >= 4 is 27.9 Å². The number of Topliss-reactive ketones (excluding diaryl/α,β-unsaturated/α-hetero) is 1. The van der Waals surface area contributed by atoms with Crippen molar-refractivity contribution in [2.45, 2.75) is 40.3 Å². The molecule has 11 heteroatoms. The van der Waals surface area contributed by atoms with E-state index < -0.39 is 47.0 Å². The van der Waals surface area contributed by atoms with Crippen molar-refractivity contribution in [3.05, 3.63) is 88.6 Å². The van der Waals surface area contributed by atoms with Gasteiger partial charge in [-0.1, -0.05) is 44.2 Å². The topological polar surface area (TPSA) is 104 Å². The summed E-state index contributed by atoms with van der Waals surface area (Å²) in [6.45, 7) is 3.26. The maximum absolute atomic E-state index is 12.9. The molecule has 208 valence electrons. The molecule has 0 aliphatic rings. The van der Waals surface area contributed by atoms with Crippen LogP contribution in [0, 0.1) is 19.8 Å². The summed E-state index contributed by atoms with van der Waals surface area (Å²) >= 11 is 0. The summed E-state index contributed by atoms with van der Waals surface area (Å²) in [5.41, 5.74) is 2.86. The molecular formula is C28H30F2N2O6S. The Kier molecular flexibility index (Phi) is 9.76. The van der Waals surface area contributed by atoms with E-state index in [1.54, 1.807) is 80.8 Å². The predicted octanol–water partition coefficient (Wildman–Crippen LogP) is 5.04. The highest BCUT2D eigenvalue weighted by atomic mass is 32.2. The van der Waals surface area contributed by atoms with Gasteiger partial charge in [-0.25, -0.2) is 8.42 Å². The molecule has 0 radical (unpaired) electrons. The zero-order valence-corrected chi connectivity index (χ0v) is 22.7. The summed E-state index contributed by atoms with van der Waals surface area (Å²) < 4.78 is 63.6. The lowest BCUT2D eigenvalue weighted by Crippen LogP contribution is -2.45. The van der Waals surface area contributed by atoms with Crippen LogP contribution in [0.1, 0.15) is 41.2 Å². The van der Waals surface area contributed by atoms with Gasteiger partial charge < -0.3 is 14.0 Å². The third-order valence-corrected chi connectivity index (χ3v) is 6.93. The molecule has 39 heavy (non-hydrogen) atoms. The fourth-order valence-electron chi connectivity index (χ4n) is 3.93. The van der Waals surface area contributed by atoms with Crippen LogP contribution in [0.4, 0.5) is 8.78 Å². The third kappa shape index (κ3) is 8.08. The number of hydrogen-bond donors (Lipinski definition) is 1. The van der Waals surface area contributed by atoms with Gasteiger partial charge in [-0.2, -0.15) is 13.5 Å². The molecule has 8 nitrogen and oxygen atoms in total. The highest BCUT2D eigenvalue weighted by Gasteiger charge is 2.29. The van der Waals surface area contributed by atoms with Gasteiger partial charge in [-0.3, -0.25) is 9.59 Å². The molecule has 0 fully saturated rings. The number of esters is 1. The smallest absolute Gasteiger partial charge is 0.387 e. The quantitative estimate of drug-likeness (QED) is 0.246. The summed E-state index contributed by atoms with van der Waals surface area (Å²) in [5.74, 6) is -1.80. The van der Waals surface area contributed by atoms with E-state index in [4.69, 9.17) is 4.74 Å². The molecule has 0 amide bonds. The molecule has 1 N–H and O–H groups in total. The molecule has 0 saturated carbocycles. The minimum Gasteiger partial charge on any atom is -0.456 e. The molecular weight excluding hydrogens is 530 g/mol. The Labute approximate surface area is 226 Å². The second-order valence-corrected chi connectivity index (χ2v) is 10.7. The first-order chi connectivity index (χ1) is 18.4. The lowest BCUT2D eigenvalue weighted by atomic mass is 10.1. The number of aryl methyl sites for hydroxylation is 1. The summed E-state index contributed by atoms with van der Waals surface area (Å²) in [7, 11) is -3.98. The molecule has 2 aromatic carbocycles. The lowest BCUT2D eigenvalue weighted by molar-refractivity contribution is -0.145. The molecule has 3 aromatic rings. The first-order valence-corrected chi connectivity index (χ1v) is 13.6. The molecule has 1 aromatic heterocycles. The molecule has 3 rings (SSSR count). The molecule has 0 spiro atoms. The van der Waals surface area contributed by atoms with Crippen molar-refractivity contribution in [1.82, 2.24) is 9.29 Å². The number of ketones is 1. The molecule has 0 aliphatic heterocycles. The van der Waals surface area contributed by atoms with Crippen LogP contribution in [0.25, 0.3) is 11.8 Å². The first-order valence-electron chi connectivity index (χ1n) is 12.1. The van der Waals surface area contributed by atoms with E-state index in [2.05, 4.69) is 9.46 Å². The average molecular weight is 561 g/mol. The van der Waals surface area contributed by atoms with E-state index >= 15 is 0 Å². The molecule has 0 bridgehead atoms. The molecule has 0 unspecified atom stereocenters. The second-order valence-electron chi connectivity index (χ2n) is 9.12. The second kappa shape index (κ2) is 12.8. The lowest BCUT2D eigenvalue weighted by Gasteiger charge is -2.19. The van der Waals surface area contributed by atoms with Gasteiger partial charge in [0.05, 0.1) is 0 Å². The molecule has 1 heterocycles. The Bertz CT molecular complexity index is 1430. The van der Waals surface area contributed by atoms with E-state index in [-0.39, 0.29) is 5.75 Å². The van der Waals surface area contributed by atoms with Gasteiger partial charge in [0, 0.05) is 28.0 Å². The number of aromatic nitrogens is 1. The number of hydrogen-bond acceptors (Lipinski definition) is 6. The molecule has 0 saturated heterocycles. The Balaban J connectivity index is 1.68. The number of nitrogens with one attached hydrogen (secondary N) is 1. The number of nitrogens with zero attached hydrogens (tertiary/aromatic N) is 1. The van der Waals surface area contributed by atoms with Gasteiger partial charge in [0.15, 0.2) is 6.61 Å². The van der Waals surface area contributed by atoms with Crippen LogP contribution >= 0.6 is 0 Å². The summed E-state index contributed by atoms with van der Waals surface area (Å²) in [6.07, 6.45) is 1.41. The Morgan fingerprint density at radius 2 is 1.67 bits per heavy atom. The third-order valence-electron chi connectivity index (χ3n) is 5.85. The van der Waals surface area contributed by atoms with Crippen molar-refractivity contribution in [1.29, 1.82) is 0 Å². The number of halogens is 2. The van der Waals surface area contributed by atoms with Gasteiger partial charge in [0.1, 0.15) is 11.8 Å². The minimum absolute atomic E-state index is 0.00492. The monoisotopic (exact) mass is 560 g/mol. The van der Waals surface area contributed by atoms with Crippen LogP contribution in [0.15, 0.2) is 66.1 Å². The van der Waals surface area contributed by atoms with Crippen LogP contribution in [0.2, 0.25) is 0 Å². The molecule has 1 atom stereocenters. The Morgan fingerprint density at radius 3 is 2.26 bits per heavy atom. The van der Waals surface area contributed by atoms with Crippen LogP contribution < -0.4 is 9.46 Å². The van der Waals surface area contributed by atoms with Gasteiger partial charge in [-0.05, 0) is 61.7 Å². The average Bonchev–Trinajstić information content (AvgIpc) is 3.19. The van der Waals surface area contributed by atoms with Gasteiger partial charge in [0.2, 0.25) is 15.8 Å². The predicted molar refractivity (Wildman–Crippen MR) is 143 cm³/mol. The SMILES string of the molecule is Cc1cc(C(=O)COC(=O)[C@@H](NS(=O)(=O)/C=C/c2ccccc2)C(C)C)c(C)n1-c1ccc(OC(F)F)cc1. The summed E-state index contributed by atoms with van der Waals surface area (Å²) in [4.78, 5) is 25.7. The normalized spacial score (nSPS) is 12.7. The maximum Gasteiger partial charge on any atom is 0.387 e.